The lowest BCUT2D eigenvalue weighted by Crippen LogP contribution is -2.41. The monoisotopic (exact) mass is 456 g/mol. The molecule has 0 unspecified atom stereocenters. The molecule has 1 aromatic carbocycles. The van der Waals surface area contributed by atoms with Crippen LogP contribution < -0.4 is 0 Å². The molecule has 1 atom stereocenters. The van der Waals surface area contributed by atoms with Gasteiger partial charge in [0.15, 0.2) is 8.32 Å². The van der Waals surface area contributed by atoms with Gasteiger partial charge < -0.3 is 8.99 Å². The Kier molecular flexibility index (Phi) is 5.98. The van der Waals surface area contributed by atoms with E-state index in [-0.39, 0.29) is 11.1 Å². The topological polar surface area (TPSA) is 27.1 Å². The van der Waals surface area contributed by atoms with Crippen molar-refractivity contribution in [3.8, 4) is 0 Å². The SMILES string of the molecule is Cc1nc2cc([C@H](C/C=C/I)O[Si](C)(C)C(C)(C)C)ccc2n1C. The van der Waals surface area contributed by atoms with Crippen LogP contribution in [0.15, 0.2) is 28.4 Å². The van der Waals surface area contributed by atoms with Gasteiger partial charge in [0.2, 0.25) is 0 Å². The molecule has 1 aromatic heterocycles. The summed E-state index contributed by atoms with van der Waals surface area (Å²) in [5, 5.41) is 0.199. The van der Waals surface area contributed by atoms with Gasteiger partial charge in [-0.15, -0.1) is 0 Å². The maximum absolute atomic E-state index is 6.73. The number of aromatic nitrogens is 2. The average molecular weight is 456 g/mol. The molecule has 2 aromatic rings. The molecule has 5 heteroatoms. The van der Waals surface area contributed by atoms with Gasteiger partial charge in [-0.3, -0.25) is 0 Å². The van der Waals surface area contributed by atoms with Crippen LogP contribution in [0.3, 0.4) is 0 Å². The number of aryl methyl sites for hydroxylation is 2. The van der Waals surface area contributed by atoms with Crippen molar-refractivity contribution in [1.29, 1.82) is 0 Å². The van der Waals surface area contributed by atoms with E-state index in [2.05, 4.69) is 101 Å². The summed E-state index contributed by atoms with van der Waals surface area (Å²) < 4.78 is 10.9. The molecule has 2 rings (SSSR count). The standard InChI is InChI=1S/C19H29IN2OSi/c1-14-21-16-13-15(10-11-17(16)22(14)5)18(9-8-12-20)23-24(6,7)19(2,3)4/h8,10-13,18H,9H2,1-7H3/b12-8+/t18-/m0/s1. The van der Waals surface area contributed by atoms with Crippen LogP contribution in [0.5, 0.6) is 0 Å². The van der Waals surface area contributed by atoms with Crippen LogP contribution >= 0.6 is 22.6 Å². The molecule has 0 saturated heterocycles. The van der Waals surface area contributed by atoms with E-state index in [9.17, 15) is 0 Å². The van der Waals surface area contributed by atoms with E-state index in [1.807, 2.05) is 6.92 Å². The highest BCUT2D eigenvalue weighted by molar-refractivity contribution is 14.1. The number of nitrogens with zero attached hydrogens (tertiary/aromatic N) is 2. The zero-order valence-electron chi connectivity index (χ0n) is 15.9. The zero-order valence-corrected chi connectivity index (χ0v) is 19.0. The second-order valence-electron chi connectivity index (χ2n) is 7.93. The maximum atomic E-state index is 6.73. The minimum atomic E-state index is -1.84. The molecule has 0 aliphatic rings. The molecule has 24 heavy (non-hydrogen) atoms. The number of hydrogen-bond acceptors (Lipinski definition) is 2. The molecular formula is C19H29IN2OSi. The Bertz CT molecular complexity index is 744. The van der Waals surface area contributed by atoms with Crippen LogP contribution in [0.2, 0.25) is 18.1 Å². The fourth-order valence-corrected chi connectivity index (χ4v) is 4.09. The van der Waals surface area contributed by atoms with Crippen LogP contribution in [0.25, 0.3) is 11.0 Å². The van der Waals surface area contributed by atoms with Crippen molar-refractivity contribution in [3.05, 3.63) is 39.7 Å². The molecule has 1 heterocycles. The van der Waals surface area contributed by atoms with Gasteiger partial charge in [-0.2, -0.15) is 0 Å². The Hall–Kier alpha value is -0.663. The molecule has 0 fully saturated rings. The first-order valence-electron chi connectivity index (χ1n) is 8.43. The molecule has 132 valence electrons. The quantitative estimate of drug-likeness (QED) is 0.391. The van der Waals surface area contributed by atoms with Crippen molar-refractivity contribution in [3.63, 3.8) is 0 Å². The van der Waals surface area contributed by atoms with Crippen molar-refractivity contribution in [2.75, 3.05) is 0 Å². The summed E-state index contributed by atoms with van der Waals surface area (Å²) in [6, 6.07) is 6.56. The minimum Gasteiger partial charge on any atom is -0.410 e. The first kappa shape index (κ1) is 19.7. The summed E-state index contributed by atoms with van der Waals surface area (Å²) in [6.45, 7) is 13.5. The van der Waals surface area contributed by atoms with Gasteiger partial charge in [-0.25, -0.2) is 4.98 Å². The average Bonchev–Trinajstić information content (AvgIpc) is 2.76. The highest BCUT2D eigenvalue weighted by Gasteiger charge is 2.39. The summed E-state index contributed by atoms with van der Waals surface area (Å²) in [6.07, 6.45) is 3.17. The molecule has 0 amide bonds. The van der Waals surface area contributed by atoms with Crippen molar-refractivity contribution in [2.24, 2.45) is 7.05 Å². The molecule has 0 aliphatic heterocycles. The van der Waals surface area contributed by atoms with Crippen LogP contribution in [0.1, 0.15) is 44.7 Å². The van der Waals surface area contributed by atoms with Crippen molar-refractivity contribution in [1.82, 2.24) is 9.55 Å². The highest BCUT2D eigenvalue weighted by atomic mass is 127. The van der Waals surface area contributed by atoms with Gasteiger partial charge in [0.1, 0.15) is 5.82 Å². The maximum Gasteiger partial charge on any atom is 0.192 e. The Morgan fingerprint density at radius 1 is 1.33 bits per heavy atom. The number of imidazole rings is 1. The van der Waals surface area contributed by atoms with E-state index in [1.165, 1.54) is 11.1 Å². The molecule has 0 aliphatic carbocycles. The van der Waals surface area contributed by atoms with Gasteiger partial charge in [0, 0.05) is 7.05 Å². The third-order valence-corrected chi connectivity index (χ3v) is 10.2. The van der Waals surface area contributed by atoms with Crippen LogP contribution in [-0.4, -0.2) is 17.9 Å². The van der Waals surface area contributed by atoms with E-state index < -0.39 is 8.32 Å². The predicted octanol–water partition coefficient (Wildman–Crippen LogP) is 6.28. The lowest BCUT2D eigenvalue weighted by atomic mass is 10.1. The molecule has 3 nitrogen and oxygen atoms in total. The third-order valence-electron chi connectivity index (χ3n) is 5.18. The van der Waals surface area contributed by atoms with Gasteiger partial charge >= 0.3 is 0 Å². The fourth-order valence-electron chi connectivity index (χ4n) is 2.50. The van der Waals surface area contributed by atoms with Crippen molar-refractivity contribution < 1.29 is 4.43 Å². The first-order chi connectivity index (χ1) is 11.1. The summed E-state index contributed by atoms with van der Waals surface area (Å²) >= 11 is 2.27. The zero-order chi connectivity index (χ0) is 18.1. The number of fused-ring (bicyclic) bond motifs is 1. The first-order valence-corrected chi connectivity index (χ1v) is 12.6. The van der Waals surface area contributed by atoms with E-state index >= 15 is 0 Å². The van der Waals surface area contributed by atoms with Gasteiger partial charge in [0.25, 0.3) is 0 Å². The Morgan fingerprint density at radius 3 is 2.58 bits per heavy atom. The lowest BCUT2D eigenvalue weighted by molar-refractivity contribution is 0.187. The second kappa shape index (κ2) is 7.29. The van der Waals surface area contributed by atoms with E-state index in [4.69, 9.17) is 4.43 Å². The second-order valence-corrected chi connectivity index (χ2v) is 13.4. The van der Waals surface area contributed by atoms with Gasteiger partial charge in [-0.05, 0) is 53.3 Å². The smallest absolute Gasteiger partial charge is 0.192 e. The van der Waals surface area contributed by atoms with E-state index in [0.717, 1.165) is 17.8 Å². The van der Waals surface area contributed by atoms with Gasteiger partial charge in [0.05, 0.1) is 17.1 Å². The van der Waals surface area contributed by atoms with Crippen molar-refractivity contribution >= 4 is 41.9 Å². The Balaban J connectivity index is 2.40. The Morgan fingerprint density at radius 2 is 2.00 bits per heavy atom. The molecule has 0 radical (unpaired) electrons. The molecular weight excluding hydrogens is 427 g/mol. The van der Waals surface area contributed by atoms with E-state index in [0.29, 0.717) is 0 Å². The number of halogens is 1. The number of benzene rings is 1. The molecule has 0 spiro atoms. The van der Waals surface area contributed by atoms with Crippen LogP contribution in [-0.2, 0) is 11.5 Å². The summed E-state index contributed by atoms with van der Waals surface area (Å²) in [5.41, 5.74) is 3.45. The molecule has 0 saturated carbocycles. The van der Waals surface area contributed by atoms with Crippen molar-refractivity contribution in [2.45, 2.75) is 58.4 Å². The minimum absolute atomic E-state index is 0.0867. The molecule has 0 bridgehead atoms. The number of hydrogen-bond donors (Lipinski definition) is 0. The largest absolute Gasteiger partial charge is 0.410 e. The van der Waals surface area contributed by atoms with Crippen LogP contribution in [0.4, 0.5) is 0 Å². The summed E-state index contributed by atoms with van der Waals surface area (Å²) in [5.74, 6) is 1.04. The number of rotatable bonds is 5. The fraction of sp³-hybridized carbons (Fsp3) is 0.526. The van der Waals surface area contributed by atoms with Crippen LogP contribution in [0, 0.1) is 6.92 Å². The summed E-state index contributed by atoms with van der Waals surface area (Å²) in [4.78, 5) is 4.68. The van der Waals surface area contributed by atoms with E-state index in [1.54, 1.807) is 0 Å². The lowest BCUT2D eigenvalue weighted by Gasteiger charge is -2.39. The van der Waals surface area contributed by atoms with Gasteiger partial charge in [-0.1, -0.05) is 55.5 Å². The third kappa shape index (κ3) is 4.11. The Labute approximate surface area is 160 Å². The summed E-state index contributed by atoms with van der Waals surface area (Å²) in [7, 11) is 0.226. The highest BCUT2D eigenvalue weighted by Crippen LogP contribution is 2.41. The normalized spacial score (nSPS) is 14.7. The molecule has 0 N–H and O–H groups in total. The predicted molar refractivity (Wildman–Crippen MR) is 114 cm³/mol.